The number of thioether (sulfide) groups is 1. The zero-order valence-corrected chi connectivity index (χ0v) is 12.9. The minimum absolute atomic E-state index is 0.155. The van der Waals surface area contributed by atoms with Crippen molar-refractivity contribution in [1.29, 1.82) is 0 Å². The first-order chi connectivity index (χ1) is 10.2. The molecule has 8 heteroatoms. The lowest BCUT2D eigenvalue weighted by molar-refractivity contribution is -0.139. The van der Waals surface area contributed by atoms with Crippen molar-refractivity contribution in [2.24, 2.45) is 0 Å². The van der Waals surface area contributed by atoms with Crippen LogP contribution in [0.2, 0.25) is 0 Å². The first kappa shape index (κ1) is 15.3. The third-order valence-corrected chi connectivity index (χ3v) is 3.52. The lowest BCUT2D eigenvalue weighted by Gasteiger charge is -2.10. The van der Waals surface area contributed by atoms with E-state index in [1.807, 2.05) is 25.1 Å². The molecule has 0 radical (unpaired) electrons. The van der Waals surface area contributed by atoms with Gasteiger partial charge in [0.25, 0.3) is 0 Å². The van der Waals surface area contributed by atoms with E-state index in [9.17, 15) is 4.79 Å². The highest BCUT2D eigenvalue weighted by Gasteiger charge is 2.15. The Balaban J connectivity index is 2.24. The van der Waals surface area contributed by atoms with E-state index in [4.69, 9.17) is 9.47 Å². The van der Waals surface area contributed by atoms with Crippen LogP contribution in [0.15, 0.2) is 23.4 Å². The van der Waals surface area contributed by atoms with Gasteiger partial charge < -0.3 is 9.47 Å². The Kier molecular flexibility index (Phi) is 5.15. The number of hydrogen-bond acceptors (Lipinski definition) is 7. The van der Waals surface area contributed by atoms with E-state index in [0.29, 0.717) is 17.5 Å². The normalized spacial score (nSPS) is 10.4. The molecule has 2 rings (SSSR count). The Morgan fingerprint density at radius 2 is 2.24 bits per heavy atom. The molecule has 1 aromatic heterocycles. The fourth-order valence-corrected chi connectivity index (χ4v) is 2.39. The van der Waals surface area contributed by atoms with Crippen molar-refractivity contribution in [2.75, 3.05) is 19.5 Å². The van der Waals surface area contributed by atoms with Gasteiger partial charge in [0.1, 0.15) is 11.4 Å². The number of tetrazole rings is 1. The first-order valence-electron chi connectivity index (χ1n) is 6.37. The van der Waals surface area contributed by atoms with Gasteiger partial charge in [0.05, 0.1) is 19.5 Å². The van der Waals surface area contributed by atoms with Crippen molar-refractivity contribution in [3.05, 3.63) is 23.8 Å². The summed E-state index contributed by atoms with van der Waals surface area (Å²) in [5.41, 5.74) is 1.79. The fourth-order valence-electron chi connectivity index (χ4n) is 1.71. The van der Waals surface area contributed by atoms with E-state index in [2.05, 4.69) is 15.5 Å². The van der Waals surface area contributed by atoms with E-state index >= 15 is 0 Å². The van der Waals surface area contributed by atoms with Crippen molar-refractivity contribution in [2.45, 2.75) is 19.0 Å². The highest BCUT2D eigenvalue weighted by Crippen LogP contribution is 2.26. The summed E-state index contributed by atoms with van der Waals surface area (Å²) in [6.45, 7) is 4.10. The standard InChI is InChI=1S/C13H16N4O3S/c1-4-20-12(18)8-21-13-14-15-16-17(13)10-7-9(2)5-6-11(10)19-3/h5-7H,4,8H2,1-3H3. The van der Waals surface area contributed by atoms with Crippen LogP contribution in [0.5, 0.6) is 5.75 Å². The summed E-state index contributed by atoms with van der Waals surface area (Å²) in [7, 11) is 1.59. The van der Waals surface area contributed by atoms with Crippen LogP contribution in [0.1, 0.15) is 12.5 Å². The Morgan fingerprint density at radius 1 is 1.43 bits per heavy atom. The summed E-state index contributed by atoms with van der Waals surface area (Å²) in [5, 5.41) is 12.1. The molecule has 0 aliphatic heterocycles. The van der Waals surface area contributed by atoms with Gasteiger partial charge in [-0.15, -0.1) is 5.10 Å². The minimum atomic E-state index is -0.298. The van der Waals surface area contributed by atoms with Crippen molar-refractivity contribution < 1.29 is 14.3 Å². The van der Waals surface area contributed by atoms with Gasteiger partial charge in [-0.25, -0.2) is 0 Å². The van der Waals surface area contributed by atoms with E-state index in [1.54, 1.807) is 18.7 Å². The number of methoxy groups -OCH3 is 1. The quantitative estimate of drug-likeness (QED) is 0.593. The fraction of sp³-hybridized carbons (Fsp3) is 0.385. The maximum atomic E-state index is 11.4. The number of ether oxygens (including phenoxy) is 2. The molecular weight excluding hydrogens is 292 g/mol. The van der Waals surface area contributed by atoms with Gasteiger partial charge in [0.2, 0.25) is 5.16 Å². The number of nitrogens with zero attached hydrogens (tertiary/aromatic N) is 4. The predicted octanol–water partition coefficient (Wildman–Crippen LogP) is 1.63. The molecule has 0 spiro atoms. The molecule has 112 valence electrons. The number of carbonyl (C=O) groups excluding carboxylic acids is 1. The molecule has 0 N–H and O–H groups in total. The summed E-state index contributed by atoms with van der Waals surface area (Å²) in [4.78, 5) is 11.4. The molecule has 21 heavy (non-hydrogen) atoms. The van der Waals surface area contributed by atoms with Gasteiger partial charge in [-0.2, -0.15) is 4.68 Å². The molecule has 2 aromatic rings. The van der Waals surface area contributed by atoms with Crippen LogP contribution in [0.4, 0.5) is 0 Å². The zero-order valence-electron chi connectivity index (χ0n) is 12.1. The number of aryl methyl sites for hydroxylation is 1. The predicted molar refractivity (Wildman–Crippen MR) is 77.8 cm³/mol. The van der Waals surface area contributed by atoms with Crippen LogP contribution >= 0.6 is 11.8 Å². The highest BCUT2D eigenvalue weighted by molar-refractivity contribution is 7.99. The lowest BCUT2D eigenvalue weighted by atomic mass is 10.2. The second-order valence-corrected chi connectivity index (χ2v) is 5.08. The molecular formula is C13H16N4O3S. The Morgan fingerprint density at radius 3 is 2.95 bits per heavy atom. The van der Waals surface area contributed by atoms with Crippen LogP contribution in [0.25, 0.3) is 5.69 Å². The van der Waals surface area contributed by atoms with Gasteiger partial charge in [0, 0.05) is 0 Å². The molecule has 0 fully saturated rings. The monoisotopic (exact) mass is 308 g/mol. The van der Waals surface area contributed by atoms with Gasteiger partial charge in [0.15, 0.2) is 0 Å². The molecule has 0 aliphatic rings. The third-order valence-electron chi connectivity index (χ3n) is 2.63. The third kappa shape index (κ3) is 3.72. The Labute approximate surface area is 126 Å². The molecule has 0 amide bonds. The SMILES string of the molecule is CCOC(=O)CSc1nnnn1-c1cc(C)ccc1OC. The average Bonchev–Trinajstić information content (AvgIpc) is 2.93. The van der Waals surface area contributed by atoms with Crippen LogP contribution in [-0.2, 0) is 9.53 Å². The number of hydrogen-bond donors (Lipinski definition) is 0. The van der Waals surface area contributed by atoms with Gasteiger partial charge in [-0.1, -0.05) is 17.8 Å². The molecule has 0 saturated carbocycles. The minimum Gasteiger partial charge on any atom is -0.494 e. The van der Waals surface area contributed by atoms with Crippen LogP contribution in [0, 0.1) is 6.92 Å². The van der Waals surface area contributed by atoms with Crippen LogP contribution in [0.3, 0.4) is 0 Å². The van der Waals surface area contributed by atoms with Crippen molar-refractivity contribution >= 4 is 17.7 Å². The number of rotatable bonds is 6. The number of benzene rings is 1. The number of esters is 1. The average molecular weight is 308 g/mol. The summed E-state index contributed by atoms with van der Waals surface area (Å²) < 4.78 is 11.8. The molecule has 0 unspecified atom stereocenters. The van der Waals surface area contributed by atoms with Crippen molar-refractivity contribution in [1.82, 2.24) is 20.2 Å². The van der Waals surface area contributed by atoms with E-state index in [0.717, 1.165) is 11.3 Å². The Bertz CT molecular complexity index is 630. The van der Waals surface area contributed by atoms with E-state index in [1.165, 1.54) is 11.8 Å². The second kappa shape index (κ2) is 7.07. The maximum Gasteiger partial charge on any atom is 0.316 e. The molecule has 0 bridgehead atoms. The summed E-state index contributed by atoms with van der Waals surface area (Å²) in [6.07, 6.45) is 0. The molecule has 1 aromatic carbocycles. The van der Waals surface area contributed by atoms with Gasteiger partial charge in [-0.05, 0) is 42.0 Å². The number of carbonyl (C=O) groups is 1. The summed E-state index contributed by atoms with van der Waals surface area (Å²) in [5.74, 6) is 0.515. The Hall–Kier alpha value is -2.09. The topological polar surface area (TPSA) is 79.1 Å². The lowest BCUT2D eigenvalue weighted by Crippen LogP contribution is -2.08. The molecule has 1 heterocycles. The first-order valence-corrected chi connectivity index (χ1v) is 7.36. The van der Waals surface area contributed by atoms with Crippen LogP contribution in [-0.4, -0.2) is 45.6 Å². The zero-order chi connectivity index (χ0) is 15.2. The molecule has 0 atom stereocenters. The van der Waals surface area contributed by atoms with Crippen LogP contribution < -0.4 is 4.74 Å². The van der Waals surface area contributed by atoms with Crippen molar-refractivity contribution in [3.63, 3.8) is 0 Å². The van der Waals surface area contributed by atoms with Crippen molar-refractivity contribution in [3.8, 4) is 11.4 Å². The second-order valence-electron chi connectivity index (χ2n) is 4.14. The molecule has 7 nitrogen and oxygen atoms in total. The molecule has 0 aliphatic carbocycles. The van der Waals surface area contributed by atoms with Gasteiger partial charge >= 0.3 is 5.97 Å². The van der Waals surface area contributed by atoms with E-state index < -0.39 is 0 Å². The molecule has 0 saturated heterocycles. The largest absolute Gasteiger partial charge is 0.494 e. The van der Waals surface area contributed by atoms with E-state index in [-0.39, 0.29) is 11.7 Å². The number of aromatic nitrogens is 4. The summed E-state index contributed by atoms with van der Waals surface area (Å²) in [6, 6.07) is 5.72. The smallest absolute Gasteiger partial charge is 0.316 e. The highest BCUT2D eigenvalue weighted by atomic mass is 32.2. The summed E-state index contributed by atoms with van der Waals surface area (Å²) >= 11 is 1.22. The van der Waals surface area contributed by atoms with Gasteiger partial charge in [-0.3, -0.25) is 4.79 Å². The maximum absolute atomic E-state index is 11.4.